The second kappa shape index (κ2) is 5.74. The number of phenols is 1. The minimum atomic E-state index is -0.562. The van der Waals surface area contributed by atoms with Gasteiger partial charge in [-0.25, -0.2) is 14.4 Å². The molecule has 0 bridgehead atoms. The molecule has 1 saturated carbocycles. The fourth-order valence-corrected chi connectivity index (χ4v) is 3.91. The lowest BCUT2D eigenvalue weighted by atomic mass is 10.0. The molecule has 0 saturated heterocycles. The molecule has 0 amide bonds. The van der Waals surface area contributed by atoms with E-state index in [0.29, 0.717) is 20.2 Å². The van der Waals surface area contributed by atoms with E-state index >= 15 is 0 Å². The van der Waals surface area contributed by atoms with Gasteiger partial charge in [0.25, 0.3) is 0 Å². The number of nitrogens with zero attached hydrogens (tertiary/aromatic N) is 3. The van der Waals surface area contributed by atoms with Crippen molar-refractivity contribution < 1.29 is 14.3 Å². The molecule has 1 aliphatic rings. The highest BCUT2D eigenvalue weighted by molar-refractivity contribution is 9.11. The number of halogens is 3. The average molecular weight is 467 g/mol. The highest BCUT2D eigenvalue weighted by atomic mass is 79.9. The number of rotatable bonds is 3. The zero-order valence-electron chi connectivity index (χ0n) is 12.6. The van der Waals surface area contributed by atoms with Gasteiger partial charge < -0.3 is 5.11 Å². The van der Waals surface area contributed by atoms with E-state index in [-0.39, 0.29) is 28.9 Å². The zero-order valence-corrected chi connectivity index (χ0v) is 15.8. The molecule has 4 rings (SSSR count). The summed E-state index contributed by atoms with van der Waals surface area (Å²) in [5.74, 6) is -0.661. The van der Waals surface area contributed by atoms with Crippen molar-refractivity contribution in [1.82, 2.24) is 14.4 Å². The molecule has 1 atom stereocenters. The first-order chi connectivity index (χ1) is 11.9. The normalized spacial score (nSPS) is 16.4. The number of ketones is 1. The first kappa shape index (κ1) is 16.4. The molecule has 0 spiro atoms. The van der Waals surface area contributed by atoms with Gasteiger partial charge in [-0.2, -0.15) is 0 Å². The van der Waals surface area contributed by atoms with Gasteiger partial charge >= 0.3 is 0 Å². The monoisotopic (exact) mass is 465 g/mol. The summed E-state index contributed by atoms with van der Waals surface area (Å²) >= 11 is 6.44. The number of aromatic hydroxyl groups is 1. The highest BCUT2D eigenvalue weighted by Crippen LogP contribution is 2.46. The number of hydrogen-bond donors (Lipinski definition) is 1. The molecule has 1 N–H and O–H groups in total. The van der Waals surface area contributed by atoms with E-state index in [1.807, 2.05) is 0 Å². The number of fused-ring (bicyclic) bond motifs is 1. The molecular formula is C17H10Br2FN3O2. The van der Waals surface area contributed by atoms with Crippen LogP contribution in [-0.4, -0.2) is 25.3 Å². The van der Waals surface area contributed by atoms with Gasteiger partial charge in [-0.15, -0.1) is 0 Å². The third-order valence-corrected chi connectivity index (χ3v) is 5.31. The highest BCUT2D eigenvalue weighted by Gasteiger charge is 2.37. The van der Waals surface area contributed by atoms with Gasteiger partial charge in [0.05, 0.1) is 27.0 Å². The SMILES string of the molecule is C=C1C[C@H]1c1nc2ncc(F)cn2c1C(=O)c1cc(Br)c(O)c(Br)c1. The van der Waals surface area contributed by atoms with Crippen LogP contribution in [-0.2, 0) is 0 Å². The molecule has 0 radical (unpaired) electrons. The fraction of sp³-hybridized carbons (Fsp3) is 0.118. The Balaban J connectivity index is 1.94. The van der Waals surface area contributed by atoms with Gasteiger partial charge in [0.1, 0.15) is 11.4 Å². The Morgan fingerprint density at radius 2 is 2.00 bits per heavy atom. The molecule has 25 heavy (non-hydrogen) atoms. The number of phenolic OH excluding ortho intramolecular Hbond substituents is 1. The molecule has 2 aromatic heterocycles. The molecule has 1 aromatic carbocycles. The Morgan fingerprint density at radius 1 is 1.36 bits per heavy atom. The number of imidazole rings is 1. The van der Waals surface area contributed by atoms with Crippen molar-refractivity contribution in [2.24, 2.45) is 0 Å². The van der Waals surface area contributed by atoms with Crippen molar-refractivity contribution in [2.75, 3.05) is 0 Å². The van der Waals surface area contributed by atoms with E-state index in [9.17, 15) is 14.3 Å². The van der Waals surface area contributed by atoms with E-state index in [4.69, 9.17) is 0 Å². The fourth-order valence-electron chi connectivity index (χ4n) is 2.72. The molecular weight excluding hydrogens is 457 g/mol. The largest absolute Gasteiger partial charge is 0.506 e. The van der Waals surface area contributed by atoms with Crippen LogP contribution < -0.4 is 0 Å². The van der Waals surface area contributed by atoms with E-state index in [0.717, 1.165) is 18.2 Å². The predicted octanol–water partition coefficient (Wildman–Crippen LogP) is 4.37. The number of allylic oxidation sites excluding steroid dienone is 1. The lowest BCUT2D eigenvalue weighted by Crippen LogP contribution is -2.09. The molecule has 2 heterocycles. The Labute approximate surface area is 158 Å². The first-order valence-corrected chi connectivity index (χ1v) is 8.89. The van der Waals surface area contributed by atoms with Gasteiger partial charge in [-0.05, 0) is 50.4 Å². The van der Waals surface area contributed by atoms with Crippen LogP contribution in [0, 0.1) is 5.82 Å². The lowest BCUT2D eigenvalue weighted by molar-refractivity contribution is 0.103. The van der Waals surface area contributed by atoms with Crippen LogP contribution in [0.5, 0.6) is 5.75 Å². The van der Waals surface area contributed by atoms with Gasteiger partial charge in [-0.1, -0.05) is 12.2 Å². The summed E-state index contributed by atoms with van der Waals surface area (Å²) in [5.41, 5.74) is 2.12. The molecule has 8 heteroatoms. The van der Waals surface area contributed by atoms with Crippen molar-refractivity contribution in [3.8, 4) is 5.75 Å². The van der Waals surface area contributed by atoms with Crippen LogP contribution in [0.15, 0.2) is 45.6 Å². The Kier molecular flexibility index (Phi) is 3.77. The summed E-state index contributed by atoms with van der Waals surface area (Å²) in [6, 6.07) is 3.03. The minimum Gasteiger partial charge on any atom is -0.506 e. The second-order valence-corrected chi connectivity index (χ2v) is 7.53. The summed E-state index contributed by atoms with van der Waals surface area (Å²) in [6.45, 7) is 3.92. The summed E-state index contributed by atoms with van der Waals surface area (Å²) in [7, 11) is 0. The smallest absolute Gasteiger partial charge is 0.234 e. The van der Waals surface area contributed by atoms with Crippen LogP contribution >= 0.6 is 31.9 Å². The molecule has 1 aliphatic carbocycles. The van der Waals surface area contributed by atoms with Gasteiger partial charge in [0.15, 0.2) is 5.82 Å². The lowest BCUT2D eigenvalue weighted by Gasteiger charge is -2.07. The molecule has 0 unspecified atom stereocenters. The second-order valence-electron chi connectivity index (χ2n) is 5.82. The van der Waals surface area contributed by atoms with Crippen molar-refractivity contribution in [3.05, 3.63) is 68.4 Å². The third kappa shape index (κ3) is 2.69. The van der Waals surface area contributed by atoms with Crippen LogP contribution in [0.1, 0.15) is 34.1 Å². The summed E-state index contributed by atoms with van der Waals surface area (Å²) < 4.78 is 15.8. The quantitative estimate of drug-likeness (QED) is 0.459. The Hall–Kier alpha value is -2.06. The molecule has 1 fully saturated rings. The number of hydrogen-bond acceptors (Lipinski definition) is 4. The topological polar surface area (TPSA) is 67.5 Å². The van der Waals surface area contributed by atoms with E-state index in [1.165, 1.54) is 22.7 Å². The average Bonchev–Trinajstić information content (AvgIpc) is 3.17. The van der Waals surface area contributed by atoms with Gasteiger partial charge in [0, 0.05) is 11.5 Å². The van der Waals surface area contributed by atoms with Crippen LogP contribution in [0.25, 0.3) is 5.78 Å². The molecule has 126 valence electrons. The predicted molar refractivity (Wildman–Crippen MR) is 96.4 cm³/mol. The van der Waals surface area contributed by atoms with E-state index in [1.54, 1.807) is 0 Å². The Morgan fingerprint density at radius 3 is 2.60 bits per heavy atom. The summed E-state index contributed by atoms with van der Waals surface area (Å²) in [6.07, 6.45) is 3.01. The van der Waals surface area contributed by atoms with Gasteiger partial charge in [-0.3, -0.25) is 9.20 Å². The van der Waals surface area contributed by atoms with Crippen LogP contribution in [0.2, 0.25) is 0 Å². The standard InChI is InChI=1S/C17H10Br2FN3O2/c1-7-2-10(7)13-14(23-6-9(20)5-21-17(23)22-13)15(24)8-3-11(18)16(25)12(19)4-8/h3-6,10,25H,1-2H2/t10-/m1/s1. The summed E-state index contributed by atoms with van der Waals surface area (Å²) in [5, 5.41) is 9.85. The summed E-state index contributed by atoms with van der Waals surface area (Å²) in [4.78, 5) is 21.5. The number of carbonyl (C=O) groups is 1. The maximum Gasteiger partial charge on any atom is 0.234 e. The van der Waals surface area contributed by atoms with Crippen molar-refractivity contribution >= 4 is 43.4 Å². The molecule has 0 aliphatic heterocycles. The minimum absolute atomic E-state index is 0.00167. The maximum absolute atomic E-state index is 13.7. The Bertz CT molecular complexity index is 1050. The van der Waals surface area contributed by atoms with Crippen molar-refractivity contribution in [1.29, 1.82) is 0 Å². The van der Waals surface area contributed by atoms with Crippen LogP contribution in [0.3, 0.4) is 0 Å². The van der Waals surface area contributed by atoms with Crippen LogP contribution in [0.4, 0.5) is 4.39 Å². The maximum atomic E-state index is 13.7. The van der Waals surface area contributed by atoms with Gasteiger partial charge in [0.2, 0.25) is 11.6 Å². The number of aromatic nitrogens is 3. The van der Waals surface area contributed by atoms with Crippen molar-refractivity contribution in [3.63, 3.8) is 0 Å². The molecule has 5 nitrogen and oxygen atoms in total. The molecule has 3 aromatic rings. The van der Waals surface area contributed by atoms with Crippen molar-refractivity contribution in [2.45, 2.75) is 12.3 Å². The zero-order chi connectivity index (χ0) is 17.9. The van der Waals surface area contributed by atoms with E-state index in [2.05, 4.69) is 48.4 Å². The third-order valence-electron chi connectivity index (χ3n) is 4.10. The number of benzene rings is 1. The van der Waals surface area contributed by atoms with E-state index < -0.39 is 5.82 Å². The number of carbonyl (C=O) groups excluding carboxylic acids is 1. The first-order valence-electron chi connectivity index (χ1n) is 7.30.